The van der Waals surface area contributed by atoms with Crippen LogP contribution >= 0.6 is 0 Å². The minimum absolute atomic E-state index is 0.180. The predicted molar refractivity (Wildman–Crippen MR) is 200 cm³/mol. The Hall–Kier alpha value is -5.78. The zero-order valence-corrected chi connectivity index (χ0v) is 28.6. The number of hydrogen-bond acceptors (Lipinski definition) is 4. The summed E-state index contributed by atoms with van der Waals surface area (Å²) in [5.74, 6) is 0. The van der Waals surface area contributed by atoms with Gasteiger partial charge in [-0.1, -0.05) is 123 Å². The van der Waals surface area contributed by atoms with Crippen LogP contribution in [-0.4, -0.2) is 13.4 Å². The number of hydrogen-bond donors (Lipinski definition) is 0. The average molecular weight is 667 g/mol. The van der Waals surface area contributed by atoms with Gasteiger partial charge in [0.25, 0.3) is 0 Å². The van der Waals surface area contributed by atoms with E-state index in [2.05, 4.69) is 145 Å². The van der Waals surface area contributed by atoms with Gasteiger partial charge in [-0.15, -0.1) is 0 Å². The van der Waals surface area contributed by atoms with Gasteiger partial charge in [-0.05, 0) is 93.0 Å². The van der Waals surface area contributed by atoms with Crippen LogP contribution in [0.25, 0.3) is 11.1 Å². The molecule has 1 aliphatic carbocycles. The zero-order chi connectivity index (χ0) is 34.1. The van der Waals surface area contributed by atoms with Crippen LogP contribution in [0.15, 0.2) is 180 Å². The Balaban J connectivity index is 1.31. The number of benzene rings is 6. The Labute approximate surface area is 293 Å². The molecule has 1 aliphatic heterocycles. The van der Waals surface area contributed by atoms with E-state index in [1.165, 1.54) is 45.3 Å². The zero-order valence-electron chi connectivity index (χ0n) is 27.8. The van der Waals surface area contributed by atoms with Crippen molar-refractivity contribution in [2.24, 2.45) is 0 Å². The smallest absolute Gasteiger partial charge is 0.208 e. The fraction of sp³-hybridized carbons (Fsp3) is 0.0889. The molecule has 0 saturated carbocycles. The molecule has 2 heterocycles. The van der Waals surface area contributed by atoms with Crippen LogP contribution in [0.2, 0.25) is 0 Å². The van der Waals surface area contributed by atoms with Gasteiger partial charge in [0, 0.05) is 23.5 Å². The molecule has 0 N–H and O–H groups in total. The largest absolute Gasteiger partial charge is 0.310 e. The second-order valence-corrected chi connectivity index (χ2v) is 15.6. The third kappa shape index (κ3) is 4.23. The van der Waals surface area contributed by atoms with Crippen molar-refractivity contribution < 1.29 is 8.42 Å². The summed E-state index contributed by atoms with van der Waals surface area (Å²) in [6.07, 6.45) is 2.98. The van der Waals surface area contributed by atoms with E-state index in [4.69, 9.17) is 0 Å². The van der Waals surface area contributed by atoms with Crippen LogP contribution in [0.5, 0.6) is 0 Å². The lowest BCUT2D eigenvalue weighted by Gasteiger charge is -2.43. The highest BCUT2D eigenvalue weighted by atomic mass is 32.2. The average Bonchev–Trinajstić information content (AvgIpc) is 3.47. The number of fused-ring (bicyclic) bond motifs is 5. The van der Waals surface area contributed by atoms with Crippen molar-refractivity contribution in [3.05, 3.63) is 203 Å². The second-order valence-electron chi connectivity index (χ2n) is 13.6. The molecule has 0 bridgehead atoms. The Morgan fingerprint density at radius 2 is 1.10 bits per heavy atom. The summed E-state index contributed by atoms with van der Waals surface area (Å²) in [5.41, 5.74) is 11.8. The Morgan fingerprint density at radius 1 is 0.520 bits per heavy atom. The van der Waals surface area contributed by atoms with Crippen LogP contribution in [0.3, 0.4) is 0 Å². The van der Waals surface area contributed by atoms with Crippen molar-refractivity contribution in [2.45, 2.75) is 34.5 Å². The Kier molecular flexibility index (Phi) is 6.74. The molecule has 0 radical (unpaired) electrons. The molecule has 6 aromatic carbocycles. The van der Waals surface area contributed by atoms with Crippen LogP contribution < -0.4 is 4.90 Å². The van der Waals surface area contributed by atoms with Crippen molar-refractivity contribution in [3.8, 4) is 11.1 Å². The summed E-state index contributed by atoms with van der Waals surface area (Å²) in [5, 5.41) is 0. The minimum atomic E-state index is -3.74. The van der Waals surface area contributed by atoms with E-state index in [-0.39, 0.29) is 15.2 Å². The summed E-state index contributed by atoms with van der Waals surface area (Å²) in [6.45, 7) is 4.64. The number of sulfone groups is 1. The molecule has 0 saturated heterocycles. The first-order valence-electron chi connectivity index (χ1n) is 16.9. The fourth-order valence-corrected chi connectivity index (χ4v) is 9.57. The van der Waals surface area contributed by atoms with Crippen molar-refractivity contribution >= 4 is 26.9 Å². The Morgan fingerprint density at radius 3 is 1.76 bits per heavy atom. The lowest BCUT2D eigenvalue weighted by atomic mass is 9.65. The normalized spacial score (nSPS) is 15.0. The van der Waals surface area contributed by atoms with Gasteiger partial charge in [-0.25, -0.2) is 8.42 Å². The van der Waals surface area contributed by atoms with Gasteiger partial charge in [-0.3, -0.25) is 4.98 Å². The van der Waals surface area contributed by atoms with Crippen LogP contribution in [-0.2, 0) is 20.7 Å². The maximum Gasteiger partial charge on any atom is 0.208 e. The molecule has 0 amide bonds. The van der Waals surface area contributed by atoms with E-state index in [1.54, 1.807) is 30.5 Å². The summed E-state index contributed by atoms with van der Waals surface area (Å²) >= 11 is 0. The van der Waals surface area contributed by atoms with E-state index in [1.807, 2.05) is 12.1 Å². The topological polar surface area (TPSA) is 50.3 Å². The lowest BCUT2D eigenvalue weighted by Crippen LogP contribution is -2.33. The van der Waals surface area contributed by atoms with Gasteiger partial charge < -0.3 is 4.90 Å². The van der Waals surface area contributed by atoms with Crippen LogP contribution in [0.4, 0.5) is 17.1 Å². The summed E-state index contributed by atoms with van der Waals surface area (Å²) in [6, 6.07) is 54.2. The number of nitrogens with zero attached hydrogens (tertiary/aromatic N) is 2. The molecule has 242 valence electrons. The monoisotopic (exact) mass is 666 g/mol. The maximum absolute atomic E-state index is 13.6. The molecule has 1 aromatic heterocycles. The van der Waals surface area contributed by atoms with Gasteiger partial charge >= 0.3 is 0 Å². The maximum atomic E-state index is 13.6. The SMILES string of the molecule is CC1(C)c2ccccc2N(c2ccccc2)c2ccc(C3(c4ccc(S(=O)(=O)c5cccnc5)cc4)c4ccccc4-c4ccccc43)cc21. The highest BCUT2D eigenvalue weighted by Gasteiger charge is 2.47. The van der Waals surface area contributed by atoms with Crippen LogP contribution in [0.1, 0.15) is 47.2 Å². The number of para-hydroxylation sites is 2. The number of pyridine rings is 1. The third-order valence-electron chi connectivity index (χ3n) is 10.7. The molecule has 0 fully saturated rings. The van der Waals surface area contributed by atoms with Gasteiger partial charge in [0.2, 0.25) is 9.84 Å². The lowest BCUT2D eigenvalue weighted by molar-refractivity contribution is 0.595. The quantitative estimate of drug-likeness (QED) is 0.183. The first-order chi connectivity index (χ1) is 24.3. The van der Waals surface area contributed by atoms with E-state index in [0.717, 1.165) is 22.5 Å². The number of rotatable bonds is 5. The highest BCUT2D eigenvalue weighted by molar-refractivity contribution is 7.91. The molecule has 0 spiro atoms. The van der Waals surface area contributed by atoms with E-state index < -0.39 is 15.3 Å². The van der Waals surface area contributed by atoms with Crippen LogP contribution in [0, 0.1) is 0 Å². The molecule has 0 atom stereocenters. The third-order valence-corrected chi connectivity index (χ3v) is 12.4. The molecule has 7 aromatic rings. The van der Waals surface area contributed by atoms with Crippen molar-refractivity contribution in [2.75, 3.05) is 4.90 Å². The second kappa shape index (κ2) is 11.1. The first-order valence-corrected chi connectivity index (χ1v) is 18.4. The highest BCUT2D eigenvalue weighted by Crippen LogP contribution is 2.58. The van der Waals surface area contributed by atoms with Gasteiger partial charge in [0.05, 0.1) is 26.6 Å². The summed E-state index contributed by atoms with van der Waals surface area (Å²) in [4.78, 5) is 6.86. The molecule has 50 heavy (non-hydrogen) atoms. The summed E-state index contributed by atoms with van der Waals surface area (Å²) in [7, 11) is -3.74. The molecular formula is C45H34N2O2S. The molecule has 9 rings (SSSR count). The number of anilines is 3. The molecule has 5 heteroatoms. The van der Waals surface area contributed by atoms with E-state index in [9.17, 15) is 8.42 Å². The predicted octanol–water partition coefficient (Wildman–Crippen LogP) is 10.4. The number of aromatic nitrogens is 1. The standard InChI is InChI=1S/C45H34N2O2S/c1-44(2)40-20-10-11-21-42(40)47(33-13-4-3-5-14-33)43-27-24-32(29-41(43)44)45(38-18-8-6-16-36(38)37-17-7-9-19-39(37)45)31-22-25-34(26-23-31)50(48,49)35-15-12-28-46-30-35/h3-30H,1-2H3. The molecule has 0 unspecified atom stereocenters. The van der Waals surface area contributed by atoms with Gasteiger partial charge in [0.15, 0.2) is 0 Å². The summed E-state index contributed by atoms with van der Waals surface area (Å²) < 4.78 is 27.3. The minimum Gasteiger partial charge on any atom is -0.310 e. The van der Waals surface area contributed by atoms with Crippen molar-refractivity contribution in [1.29, 1.82) is 0 Å². The molecule has 2 aliphatic rings. The van der Waals surface area contributed by atoms with Crippen molar-refractivity contribution in [1.82, 2.24) is 4.98 Å². The molecular weight excluding hydrogens is 633 g/mol. The first kappa shape index (κ1) is 30.3. The Bertz CT molecular complexity index is 2480. The molecule has 4 nitrogen and oxygen atoms in total. The van der Waals surface area contributed by atoms with E-state index >= 15 is 0 Å². The van der Waals surface area contributed by atoms with Crippen molar-refractivity contribution in [3.63, 3.8) is 0 Å². The van der Waals surface area contributed by atoms with Gasteiger partial charge in [0.1, 0.15) is 0 Å². The van der Waals surface area contributed by atoms with Gasteiger partial charge in [-0.2, -0.15) is 0 Å². The van der Waals surface area contributed by atoms with E-state index in [0.29, 0.717) is 0 Å². The fourth-order valence-electron chi connectivity index (χ4n) is 8.34.